The van der Waals surface area contributed by atoms with Crippen LogP contribution in [0.4, 0.5) is 17.1 Å². The van der Waals surface area contributed by atoms with Crippen LogP contribution in [0.1, 0.15) is 11.1 Å². The molecular weight excluding hydrogens is 312 g/mol. The Labute approximate surface area is 139 Å². The van der Waals surface area contributed by atoms with Gasteiger partial charge in [0, 0.05) is 19.2 Å². The zero-order valence-electron chi connectivity index (χ0n) is 13.4. The van der Waals surface area contributed by atoms with Crippen molar-refractivity contribution >= 4 is 17.1 Å². The molecule has 0 saturated carbocycles. The van der Waals surface area contributed by atoms with Gasteiger partial charge in [-0.25, -0.2) is 0 Å². The summed E-state index contributed by atoms with van der Waals surface area (Å²) in [5.41, 5.74) is 1.76. The first-order chi connectivity index (χ1) is 11.4. The minimum Gasteiger partial charge on any atom is -0.375 e. The average Bonchev–Trinajstić information content (AvgIpc) is 2.53. The van der Waals surface area contributed by atoms with E-state index in [-0.39, 0.29) is 17.1 Å². The van der Waals surface area contributed by atoms with Crippen LogP contribution in [0.15, 0.2) is 42.5 Å². The van der Waals surface area contributed by atoms with E-state index in [1.165, 1.54) is 12.1 Å². The number of hydrogen-bond donors (Lipinski definition) is 1. The Morgan fingerprint density at radius 1 is 1.00 bits per heavy atom. The Morgan fingerprint density at radius 3 is 2.25 bits per heavy atom. The van der Waals surface area contributed by atoms with E-state index in [1.54, 1.807) is 0 Å². The highest BCUT2D eigenvalue weighted by atomic mass is 16.6. The van der Waals surface area contributed by atoms with Crippen molar-refractivity contribution in [2.75, 3.05) is 19.4 Å². The van der Waals surface area contributed by atoms with Crippen LogP contribution in [-0.2, 0) is 13.1 Å². The van der Waals surface area contributed by atoms with Gasteiger partial charge >= 0.3 is 0 Å². The molecule has 0 aromatic heterocycles. The Morgan fingerprint density at radius 2 is 1.67 bits per heavy atom. The van der Waals surface area contributed by atoms with E-state index in [0.717, 1.165) is 23.7 Å². The smallest absolute Gasteiger partial charge is 0.299 e. The minimum absolute atomic E-state index is 0.255. The molecule has 0 heterocycles. The van der Waals surface area contributed by atoms with Crippen LogP contribution in [0.5, 0.6) is 0 Å². The second kappa shape index (κ2) is 7.51. The van der Waals surface area contributed by atoms with Crippen LogP contribution < -0.4 is 5.32 Å². The molecule has 0 amide bonds. The van der Waals surface area contributed by atoms with Crippen LogP contribution in [0.25, 0.3) is 0 Å². The summed E-state index contributed by atoms with van der Waals surface area (Å²) in [6.45, 7) is 1.14. The van der Waals surface area contributed by atoms with Gasteiger partial charge in [-0.1, -0.05) is 24.3 Å². The highest BCUT2D eigenvalue weighted by Gasteiger charge is 2.19. The van der Waals surface area contributed by atoms with Gasteiger partial charge in [-0.2, -0.15) is 0 Å². The highest BCUT2D eigenvalue weighted by Crippen LogP contribution is 2.29. The first-order valence-corrected chi connectivity index (χ1v) is 7.26. The number of non-ortho nitro benzene ring substituents is 1. The summed E-state index contributed by atoms with van der Waals surface area (Å²) in [7, 11) is 3.93. The van der Waals surface area contributed by atoms with Crippen molar-refractivity contribution in [2.24, 2.45) is 0 Å². The molecule has 0 saturated heterocycles. The van der Waals surface area contributed by atoms with Crippen molar-refractivity contribution in [3.63, 3.8) is 0 Å². The Hall–Kier alpha value is -3.00. The van der Waals surface area contributed by atoms with Crippen LogP contribution in [0, 0.1) is 20.2 Å². The van der Waals surface area contributed by atoms with E-state index in [9.17, 15) is 20.2 Å². The lowest BCUT2D eigenvalue weighted by atomic mass is 10.1. The van der Waals surface area contributed by atoms with Crippen LogP contribution in [0.3, 0.4) is 0 Å². The molecule has 2 aromatic rings. The fraction of sp³-hybridized carbons (Fsp3) is 0.250. The number of nitro groups is 2. The molecule has 0 fully saturated rings. The van der Waals surface area contributed by atoms with Crippen LogP contribution in [0.2, 0.25) is 0 Å². The third kappa shape index (κ3) is 4.26. The van der Waals surface area contributed by atoms with Gasteiger partial charge in [-0.05, 0) is 31.3 Å². The zero-order chi connectivity index (χ0) is 17.7. The number of nitrogens with zero attached hydrogens (tertiary/aromatic N) is 3. The number of nitro benzene ring substituents is 2. The fourth-order valence-corrected chi connectivity index (χ4v) is 2.35. The number of nitrogens with one attached hydrogen (secondary N) is 1. The van der Waals surface area contributed by atoms with E-state index >= 15 is 0 Å². The van der Waals surface area contributed by atoms with Gasteiger partial charge in [-0.3, -0.25) is 20.2 Å². The predicted octanol–water partition coefficient (Wildman–Crippen LogP) is 3.18. The van der Waals surface area contributed by atoms with E-state index in [2.05, 4.69) is 5.32 Å². The third-order valence-electron chi connectivity index (χ3n) is 3.46. The quantitative estimate of drug-likeness (QED) is 0.618. The molecule has 126 valence electrons. The Kier molecular flexibility index (Phi) is 5.43. The molecule has 8 heteroatoms. The molecule has 0 unspecified atom stereocenters. The first-order valence-electron chi connectivity index (χ1n) is 7.26. The lowest BCUT2D eigenvalue weighted by molar-refractivity contribution is -0.393. The standard InChI is InChI=1S/C16H18N4O4/c1-18(2)11-13-6-4-3-5-12(13)10-17-15-8-7-14(19(21)22)9-16(15)20(23)24/h3-9,17H,10-11H2,1-2H3. The van der Waals surface area contributed by atoms with Gasteiger partial charge in [0.05, 0.1) is 15.9 Å². The molecule has 0 aliphatic rings. The number of benzene rings is 2. The summed E-state index contributed by atoms with van der Waals surface area (Å²) in [6.07, 6.45) is 0. The second-order valence-electron chi connectivity index (χ2n) is 5.58. The van der Waals surface area contributed by atoms with Crippen LogP contribution >= 0.6 is 0 Å². The first kappa shape index (κ1) is 17.4. The SMILES string of the molecule is CN(C)Cc1ccccc1CNc1ccc([N+](=O)[O-])cc1[N+](=O)[O-]. The fourth-order valence-electron chi connectivity index (χ4n) is 2.35. The lowest BCUT2D eigenvalue weighted by Gasteiger charge is -2.15. The summed E-state index contributed by atoms with van der Waals surface area (Å²) in [4.78, 5) is 22.7. The molecule has 24 heavy (non-hydrogen) atoms. The molecule has 2 aromatic carbocycles. The van der Waals surface area contributed by atoms with E-state index in [4.69, 9.17) is 0 Å². The maximum absolute atomic E-state index is 11.2. The summed E-state index contributed by atoms with van der Waals surface area (Å²) < 4.78 is 0. The summed E-state index contributed by atoms with van der Waals surface area (Å²) in [5, 5.41) is 24.9. The minimum atomic E-state index is -0.650. The molecule has 2 rings (SSSR count). The highest BCUT2D eigenvalue weighted by molar-refractivity contribution is 5.65. The largest absolute Gasteiger partial charge is 0.375 e. The molecule has 0 spiro atoms. The molecule has 8 nitrogen and oxygen atoms in total. The molecule has 1 N–H and O–H groups in total. The lowest BCUT2D eigenvalue weighted by Crippen LogP contribution is -2.13. The normalized spacial score (nSPS) is 10.6. The van der Waals surface area contributed by atoms with Gasteiger partial charge in [0.25, 0.3) is 11.4 Å². The third-order valence-corrected chi connectivity index (χ3v) is 3.46. The van der Waals surface area contributed by atoms with Crippen molar-refractivity contribution in [1.82, 2.24) is 4.90 Å². The molecule has 0 bridgehead atoms. The van der Waals surface area contributed by atoms with Gasteiger partial charge < -0.3 is 10.2 Å². The molecule has 0 radical (unpaired) electrons. The molecule has 0 atom stereocenters. The van der Waals surface area contributed by atoms with E-state index in [0.29, 0.717) is 6.54 Å². The summed E-state index contributed by atoms with van der Waals surface area (Å²) >= 11 is 0. The molecule has 0 aliphatic carbocycles. The maximum atomic E-state index is 11.2. The van der Waals surface area contributed by atoms with Crippen molar-refractivity contribution in [3.8, 4) is 0 Å². The van der Waals surface area contributed by atoms with E-state index in [1.807, 2.05) is 43.3 Å². The van der Waals surface area contributed by atoms with Gasteiger partial charge in [0.15, 0.2) is 0 Å². The predicted molar refractivity (Wildman–Crippen MR) is 90.9 cm³/mol. The number of hydrogen-bond acceptors (Lipinski definition) is 6. The van der Waals surface area contributed by atoms with Crippen molar-refractivity contribution in [2.45, 2.75) is 13.1 Å². The Balaban J connectivity index is 2.23. The maximum Gasteiger partial charge on any atom is 0.299 e. The van der Waals surface area contributed by atoms with Gasteiger partial charge in [-0.15, -0.1) is 0 Å². The summed E-state index contributed by atoms with van der Waals surface area (Å²) in [6, 6.07) is 11.4. The van der Waals surface area contributed by atoms with E-state index < -0.39 is 9.85 Å². The van der Waals surface area contributed by atoms with Gasteiger partial charge in [0.1, 0.15) is 5.69 Å². The van der Waals surface area contributed by atoms with Crippen molar-refractivity contribution in [3.05, 3.63) is 73.8 Å². The molecular formula is C16H18N4O4. The monoisotopic (exact) mass is 330 g/mol. The Bertz CT molecular complexity index is 761. The zero-order valence-corrected chi connectivity index (χ0v) is 13.4. The van der Waals surface area contributed by atoms with Crippen molar-refractivity contribution in [1.29, 1.82) is 0 Å². The second-order valence-corrected chi connectivity index (χ2v) is 5.58. The number of rotatable bonds is 7. The molecule has 0 aliphatic heterocycles. The van der Waals surface area contributed by atoms with Crippen LogP contribution in [-0.4, -0.2) is 28.8 Å². The van der Waals surface area contributed by atoms with Crippen molar-refractivity contribution < 1.29 is 9.85 Å². The topological polar surface area (TPSA) is 102 Å². The number of anilines is 1. The summed E-state index contributed by atoms with van der Waals surface area (Å²) in [5.74, 6) is 0. The average molecular weight is 330 g/mol. The van der Waals surface area contributed by atoms with Gasteiger partial charge in [0.2, 0.25) is 0 Å².